The lowest BCUT2D eigenvalue weighted by molar-refractivity contribution is -0.870. The number of esters is 2. The van der Waals surface area contributed by atoms with Crippen LogP contribution in [0.25, 0.3) is 0 Å². The van der Waals surface area contributed by atoms with Crippen molar-refractivity contribution in [1.29, 1.82) is 0 Å². The Balaban J connectivity index is 4.25. The average Bonchev–Trinajstić information content (AvgIpc) is 3.22. The second-order valence-corrected chi connectivity index (χ2v) is 18.8. The molecule has 0 bridgehead atoms. The number of aliphatic carboxylic acids is 1. The van der Waals surface area contributed by atoms with Crippen molar-refractivity contribution in [3.05, 3.63) is 12.2 Å². The van der Waals surface area contributed by atoms with Crippen LogP contribution in [0.15, 0.2) is 12.2 Å². The third-order valence-electron chi connectivity index (χ3n) is 11.5. The largest absolute Gasteiger partial charge is 0.477 e. The van der Waals surface area contributed by atoms with E-state index < -0.39 is 24.3 Å². The maximum Gasteiger partial charge on any atom is 0.361 e. The number of allylic oxidation sites excluding steroid dienone is 2. The third kappa shape index (κ3) is 45.9. The van der Waals surface area contributed by atoms with Gasteiger partial charge in [0, 0.05) is 12.8 Å². The third-order valence-corrected chi connectivity index (χ3v) is 11.5. The van der Waals surface area contributed by atoms with E-state index in [1.165, 1.54) is 161 Å². The van der Waals surface area contributed by atoms with Crippen LogP contribution in [-0.2, 0) is 33.3 Å². The topological polar surface area (TPSA) is 108 Å². The number of hydrogen-bond acceptors (Lipinski definition) is 7. The van der Waals surface area contributed by atoms with Gasteiger partial charge in [0.25, 0.3) is 6.29 Å². The Kier molecular flexibility index (Phi) is 43.2. The summed E-state index contributed by atoms with van der Waals surface area (Å²) in [5.41, 5.74) is 0. The smallest absolute Gasteiger partial charge is 0.361 e. The van der Waals surface area contributed by atoms with E-state index in [9.17, 15) is 19.5 Å². The predicted molar refractivity (Wildman–Crippen MR) is 254 cm³/mol. The molecule has 0 saturated heterocycles. The van der Waals surface area contributed by atoms with Crippen LogP contribution in [0.3, 0.4) is 0 Å². The van der Waals surface area contributed by atoms with Crippen molar-refractivity contribution in [3.63, 3.8) is 0 Å². The number of hydrogen-bond donors (Lipinski definition) is 1. The molecule has 2 unspecified atom stereocenters. The summed E-state index contributed by atoms with van der Waals surface area (Å²) in [6.07, 6.45) is 45.6. The molecule has 61 heavy (non-hydrogen) atoms. The fourth-order valence-corrected chi connectivity index (χ4v) is 7.48. The molecule has 0 fully saturated rings. The number of quaternary nitrogens is 1. The number of nitrogens with zero attached hydrogens (tertiary/aromatic N) is 1. The zero-order chi connectivity index (χ0) is 44.9. The van der Waals surface area contributed by atoms with E-state index in [2.05, 4.69) is 26.0 Å². The monoisotopic (exact) mass is 867 g/mol. The van der Waals surface area contributed by atoms with E-state index >= 15 is 0 Å². The van der Waals surface area contributed by atoms with Gasteiger partial charge in [-0.1, -0.05) is 206 Å². The standard InChI is InChI=1S/C52H99NO8/c1-6-8-10-12-14-16-18-20-22-23-24-25-26-27-28-29-31-32-34-36-38-40-42-49(54)59-46-48(47-60-52(51(56)57)58-45-44-53(3,4)5)61-50(55)43-41-39-37-35-33-30-21-19-17-15-13-11-9-7-2/h19,21,48,52H,6-18,20,22-47H2,1-5H3/p+1/b21-19-. The molecule has 0 aromatic rings. The molecule has 0 aromatic heterocycles. The number of carboxylic acid groups (broad SMARTS) is 1. The first-order valence-corrected chi connectivity index (χ1v) is 25.9. The number of unbranched alkanes of at least 4 members (excludes halogenated alkanes) is 31. The predicted octanol–water partition coefficient (Wildman–Crippen LogP) is 14.2. The Hall–Kier alpha value is -1.97. The van der Waals surface area contributed by atoms with Crippen LogP contribution in [0.2, 0.25) is 0 Å². The maximum atomic E-state index is 12.8. The van der Waals surface area contributed by atoms with Crippen molar-refractivity contribution in [1.82, 2.24) is 0 Å². The molecule has 360 valence electrons. The molecule has 0 aliphatic rings. The van der Waals surface area contributed by atoms with Crippen LogP contribution in [0.1, 0.15) is 245 Å². The van der Waals surface area contributed by atoms with Gasteiger partial charge >= 0.3 is 17.9 Å². The minimum absolute atomic E-state index is 0.179. The van der Waals surface area contributed by atoms with Crippen molar-refractivity contribution in [2.24, 2.45) is 0 Å². The Morgan fingerprint density at radius 3 is 1.21 bits per heavy atom. The Bertz CT molecular complexity index is 1010. The second-order valence-electron chi connectivity index (χ2n) is 18.8. The molecule has 9 heteroatoms. The quantitative estimate of drug-likeness (QED) is 0.0212. The first-order chi connectivity index (χ1) is 29.6. The minimum atomic E-state index is -1.51. The molecular formula is C52H100NO8+. The summed E-state index contributed by atoms with van der Waals surface area (Å²) in [7, 11) is 5.96. The minimum Gasteiger partial charge on any atom is -0.477 e. The van der Waals surface area contributed by atoms with E-state index in [4.69, 9.17) is 18.9 Å². The molecule has 0 radical (unpaired) electrons. The highest BCUT2D eigenvalue weighted by Crippen LogP contribution is 2.16. The van der Waals surface area contributed by atoms with Gasteiger partial charge in [-0.15, -0.1) is 0 Å². The van der Waals surface area contributed by atoms with Gasteiger partial charge in [-0.05, 0) is 38.5 Å². The fourth-order valence-electron chi connectivity index (χ4n) is 7.48. The first-order valence-electron chi connectivity index (χ1n) is 25.9. The van der Waals surface area contributed by atoms with Gasteiger partial charge in [0.2, 0.25) is 0 Å². The van der Waals surface area contributed by atoms with Gasteiger partial charge in [0.15, 0.2) is 6.10 Å². The normalized spacial score (nSPS) is 12.9. The zero-order valence-corrected chi connectivity index (χ0v) is 40.8. The molecule has 0 aromatic carbocycles. The second kappa shape index (κ2) is 44.6. The summed E-state index contributed by atoms with van der Waals surface area (Å²) in [5, 5.41) is 9.66. The number of carbonyl (C=O) groups excluding carboxylic acids is 2. The summed E-state index contributed by atoms with van der Waals surface area (Å²) in [6, 6.07) is 0. The van der Waals surface area contributed by atoms with Crippen LogP contribution in [-0.4, -0.2) is 87.4 Å². The molecule has 9 nitrogen and oxygen atoms in total. The van der Waals surface area contributed by atoms with Gasteiger partial charge in [-0.2, -0.15) is 0 Å². The number of rotatable bonds is 48. The van der Waals surface area contributed by atoms with E-state index in [-0.39, 0.29) is 32.2 Å². The first kappa shape index (κ1) is 59.0. The lowest BCUT2D eigenvalue weighted by Crippen LogP contribution is -2.40. The van der Waals surface area contributed by atoms with Crippen LogP contribution >= 0.6 is 0 Å². The van der Waals surface area contributed by atoms with Crippen LogP contribution in [0.5, 0.6) is 0 Å². The number of carbonyl (C=O) groups is 3. The molecule has 0 saturated carbocycles. The number of ether oxygens (including phenoxy) is 4. The Morgan fingerprint density at radius 2 is 0.836 bits per heavy atom. The van der Waals surface area contributed by atoms with Crippen molar-refractivity contribution in [2.45, 2.75) is 257 Å². The van der Waals surface area contributed by atoms with Gasteiger partial charge in [0.1, 0.15) is 13.2 Å². The van der Waals surface area contributed by atoms with Crippen LogP contribution < -0.4 is 0 Å². The van der Waals surface area contributed by atoms with E-state index in [0.717, 1.165) is 51.4 Å². The molecule has 0 aliphatic carbocycles. The van der Waals surface area contributed by atoms with Crippen LogP contribution in [0, 0.1) is 0 Å². The summed E-state index contributed by atoms with van der Waals surface area (Å²) in [4.78, 5) is 37.2. The van der Waals surface area contributed by atoms with E-state index in [1.54, 1.807) is 0 Å². The Labute approximate surface area is 376 Å². The average molecular weight is 867 g/mol. The fraction of sp³-hybridized carbons (Fsp3) is 0.904. The van der Waals surface area contributed by atoms with E-state index in [0.29, 0.717) is 23.9 Å². The summed E-state index contributed by atoms with van der Waals surface area (Å²) < 4.78 is 22.8. The molecular weight excluding hydrogens is 767 g/mol. The molecule has 0 aliphatic heterocycles. The van der Waals surface area contributed by atoms with Gasteiger partial charge in [0.05, 0.1) is 34.4 Å². The number of likely N-dealkylation sites (N-methyl/N-ethyl adjacent to an activating group) is 1. The molecule has 0 rings (SSSR count). The van der Waals surface area contributed by atoms with Gasteiger partial charge in [-0.25, -0.2) is 4.79 Å². The highest BCUT2D eigenvalue weighted by molar-refractivity contribution is 5.71. The van der Waals surface area contributed by atoms with Crippen molar-refractivity contribution < 1.29 is 42.9 Å². The summed E-state index contributed by atoms with van der Waals surface area (Å²) >= 11 is 0. The summed E-state index contributed by atoms with van der Waals surface area (Å²) in [6.45, 7) is 4.89. The molecule has 0 heterocycles. The number of carboxylic acids is 1. The molecule has 0 spiro atoms. The Morgan fingerprint density at radius 1 is 0.475 bits per heavy atom. The molecule has 1 N–H and O–H groups in total. The van der Waals surface area contributed by atoms with E-state index in [1.807, 2.05) is 21.1 Å². The molecule has 2 atom stereocenters. The SMILES string of the molecule is CCCCCCC/C=C\CCCCCCCC(=O)OC(COC(=O)CCCCCCCCCCCCCCCCCCCCCCCC)COC(OCC[N+](C)(C)C)C(=O)O. The highest BCUT2D eigenvalue weighted by atomic mass is 16.7. The lowest BCUT2D eigenvalue weighted by Gasteiger charge is -2.25. The van der Waals surface area contributed by atoms with Crippen molar-refractivity contribution in [3.8, 4) is 0 Å². The van der Waals surface area contributed by atoms with Crippen molar-refractivity contribution in [2.75, 3.05) is 47.5 Å². The van der Waals surface area contributed by atoms with Crippen LogP contribution in [0.4, 0.5) is 0 Å². The van der Waals surface area contributed by atoms with Gasteiger partial charge in [-0.3, -0.25) is 9.59 Å². The highest BCUT2D eigenvalue weighted by Gasteiger charge is 2.25. The lowest BCUT2D eigenvalue weighted by atomic mass is 10.0. The zero-order valence-electron chi connectivity index (χ0n) is 40.8. The van der Waals surface area contributed by atoms with Gasteiger partial charge < -0.3 is 28.5 Å². The summed E-state index contributed by atoms with van der Waals surface area (Å²) in [5.74, 6) is -2.00. The maximum absolute atomic E-state index is 12.8. The van der Waals surface area contributed by atoms with Crippen molar-refractivity contribution >= 4 is 17.9 Å². The molecule has 0 amide bonds.